The number of fused-ring (bicyclic) bond motifs is 1. The van der Waals surface area contributed by atoms with E-state index in [2.05, 4.69) is 4.99 Å². The third kappa shape index (κ3) is 1.05. The molecule has 4 heteroatoms. The molecule has 0 atom stereocenters. The Hall–Kier alpha value is -1.13. The third-order valence-electron chi connectivity index (χ3n) is 1.99. The molecule has 0 saturated heterocycles. The predicted molar refractivity (Wildman–Crippen MR) is 47.6 cm³/mol. The van der Waals surface area contributed by atoms with Crippen molar-refractivity contribution in [1.82, 2.24) is 0 Å². The van der Waals surface area contributed by atoms with Gasteiger partial charge in [0.2, 0.25) is 0 Å². The van der Waals surface area contributed by atoms with Crippen molar-refractivity contribution in [2.45, 2.75) is 6.54 Å². The van der Waals surface area contributed by atoms with Gasteiger partial charge in [0.1, 0.15) is 0 Å². The molecule has 1 aromatic rings. The first-order valence-corrected chi connectivity index (χ1v) is 3.77. The second-order valence-corrected chi connectivity index (χ2v) is 2.76. The maximum Gasteiger partial charge on any atom is 0.489 e. The molecule has 12 heavy (non-hydrogen) atoms. The fourth-order valence-electron chi connectivity index (χ4n) is 1.39. The molecule has 0 bridgehead atoms. The van der Waals surface area contributed by atoms with Crippen LogP contribution in [0.3, 0.4) is 0 Å². The molecule has 3 nitrogen and oxygen atoms in total. The van der Waals surface area contributed by atoms with Crippen LogP contribution in [0.5, 0.6) is 0 Å². The zero-order valence-electron chi connectivity index (χ0n) is 6.44. The lowest BCUT2D eigenvalue weighted by molar-refractivity contribution is 0.425. The first kappa shape index (κ1) is 7.52. The van der Waals surface area contributed by atoms with Crippen molar-refractivity contribution in [3.05, 3.63) is 29.3 Å². The third-order valence-corrected chi connectivity index (χ3v) is 1.99. The second kappa shape index (κ2) is 2.73. The highest BCUT2D eigenvalue weighted by molar-refractivity contribution is 6.60. The molecule has 1 aliphatic rings. The lowest BCUT2D eigenvalue weighted by Gasteiger charge is -2.03. The minimum absolute atomic E-state index is 0.536. The lowest BCUT2D eigenvalue weighted by Crippen LogP contribution is -2.33. The van der Waals surface area contributed by atoms with Gasteiger partial charge in [-0.1, -0.05) is 18.2 Å². The molecule has 0 saturated carbocycles. The maximum absolute atomic E-state index is 8.98. The Morgan fingerprint density at radius 1 is 1.33 bits per heavy atom. The fraction of sp³-hybridized carbons (Fsp3) is 0.125. The van der Waals surface area contributed by atoms with Gasteiger partial charge in [0.25, 0.3) is 0 Å². The predicted octanol–water partition coefficient (Wildman–Crippen LogP) is -0.701. The Morgan fingerprint density at radius 2 is 2.17 bits per heavy atom. The largest absolute Gasteiger partial charge is 0.489 e. The summed E-state index contributed by atoms with van der Waals surface area (Å²) >= 11 is 0. The molecule has 1 heterocycles. The van der Waals surface area contributed by atoms with Crippen molar-refractivity contribution in [2.24, 2.45) is 4.99 Å². The molecule has 0 amide bonds. The van der Waals surface area contributed by atoms with Crippen molar-refractivity contribution in [1.29, 1.82) is 0 Å². The van der Waals surface area contributed by atoms with Crippen LogP contribution in [-0.4, -0.2) is 23.4 Å². The van der Waals surface area contributed by atoms with Crippen molar-refractivity contribution in [2.75, 3.05) is 0 Å². The summed E-state index contributed by atoms with van der Waals surface area (Å²) in [5, 5.41) is 18.0. The maximum atomic E-state index is 8.98. The summed E-state index contributed by atoms with van der Waals surface area (Å²) in [7, 11) is -1.40. The van der Waals surface area contributed by atoms with E-state index in [1.165, 1.54) is 0 Å². The van der Waals surface area contributed by atoms with Crippen LogP contribution in [0, 0.1) is 0 Å². The van der Waals surface area contributed by atoms with Crippen LogP contribution in [-0.2, 0) is 6.54 Å². The normalized spacial score (nSPS) is 13.2. The van der Waals surface area contributed by atoms with E-state index in [0.29, 0.717) is 12.0 Å². The van der Waals surface area contributed by atoms with Crippen LogP contribution >= 0.6 is 0 Å². The Morgan fingerprint density at radius 3 is 2.92 bits per heavy atom. The number of hydrogen-bond donors (Lipinski definition) is 2. The van der Waals surface area contributed by atoms with E-state index in [9.17, 15) is 0 Å². The van der Waals surface area contributed by atoms with E-state index in [-0.39, 0.29) is 0 Å². The highest BCUT2D eigenvalue weighted by atomic mass is 16.4. The van der Waals surface area contributed by atoms with Gasteiger partial charge in [-0.25, -0.2) is 0 Å². The van der Waals surface area contributed by atoms with Crippen LogP contribution in [0.15, 0.2) is 23.2 Å². The van der Waals surface area contributed by atoms with E-state index in [1.807, 2.05) is 12.1 Å². The van der Waals surface area contributed by atoms with E-state index < -0.39 is 7.12 Å². The van der Waals surface area contributed by atoms with Gasteiger partial charge in [0, 0.05) is 6.21 Å². The van der Waals surface area contributed by atoms with Crippen LogP contribution < -0.4 is 5.46 Å². The molecule has 2 rings (SSSR count). The number of aliphatic imine (C=N–C) groups is 1. The Bertz CT molecular complexity index is 336. The van der Waals surface area contributed by atoms with E-state index >= 15 is 0 Å². The highest BCUT2D eigenvalue weighted by Gasteiger charge is 2.18. The van der Waals surface area contributed by atoms with Crippen LogP contribution in [0.2, 0.25) is 0 Å². The molecule has 0 spiro atoms. The SMILES string of the molecule is OB(O)c1cccc2c1C=NC2. The monoisotopic (exact) mass is 161 g/mol. The van der Waals surface area contributed by atoms with Gasteiger partial charge in [-0.15, -0.1) is 0 Å². The summed E-state index contributed by atoms with van der Waals surface area (Å²) in [5.74, 6) is 0. The summed E-state index contributed by atoms with van der Waals surface area (Å²) in [6.07, 6.45) is 1.68. The van der Waals surface area contributed by atoms with E-state index in [4.69, 9.17) is 10.0 Å². The van der Waals surface area contributed by atoms with Crippen molar-refractivity contribution >= 4 is 18.8 Å². The topological polar surface area (TPSA) is 52.8 Å². The van der Waals surface area contributed by atoms with Crippen molar-refractivity contribution < 1.29 is 10.0 Å². The smallest absolute Gasteiger partial charge is 0.423 e. The van der Waals surface area contributed by atoms with Gasteiger partial charge in [-0.05, 0) is 16.6 Å². The van der Waals surface area contributed by atoms with Gasteiger partial charge in [0.05, 0.1) is 6.54 Å². The summed E-state index contributed by atoms with van der Waals surface area (Å²) < 4.78 is 0. The molecular weight excluding hydrogens is 153 g/mol. The first-order chi connectivity index (χ1) is 5.79. The minimum Gasteiger partial charge on any atom is -0.423 e. The quantitative estimate of drug-likeness (QED) is 0.535. The molecule has 0 unspecified atom stereocenters. The average molecular weight is 161 g/mol. The van der Waals surface area contributed by atoms with E-state index in [0.717, 1.165) is 11.1 Å². The molecule has 1 aliphatic heterocycles. The lowest BCUT2D eigenvalue weighted by atomic mass is 9.76. The molecule has 0 radical (unpaired) electrons. The van der Waals surface area contributed by atoms with Gasteiger partial charge in [-0.3, -0.25) is 4.99 Å². The Balaban J connectivity index is 2.56. The summed E-state index contributed by atoms with van der Waals surface area (Å²) in [6.45, 7) is 0.649. The van der Waals surface area contributed by atoms with Crippen molar-refractivity contribution in [3.63, 3.8) is 0 Å². The molecule has 1 aromatic carbocycles. The first-order valence-electron chi connectivity index (χ1n) is 3.77. The van der Waals surface area contributed by atoms with Crippen LogP contribution in [0.4, 0.5) is 0 Å². The van der Waals surface area contributed by atoms with E-state index in [1.54, 1.807) is 12.3 Å². The van der Waals surface area contributed by atoms with Gasteiger partial charge in [-0.2, -0.15) is 0 Å². The van der Waals surface area contributed by atoms with Crippen molar-refractivity contribution in [3.8, 4) is 0 Å². The standard InChI is InChI=1S/C8H8BNO2/c11-9(12)8-3-1-2-6-4-10-5-7(6)8/h1-3,5,11-12H,4H2. The zero-order chi connectivity index (χ0) is 8.55. The number of nitrogens with zero attached hydrogens (tertiary/aromatic N) is 1. The molecule has 0 aromatic heterocycles. The van der Waals surface area contributed by atoms with Crippen LogP contribution in [0.25, 0.3) is 0 Å². The summed E-state index contributed by atoms with van der Waals surface area (Å²) in [5.41, 5.74) is 2.45. The van der Waals surface area contributed by atoms with Gasteiger partial charge < -0.3 is 10.0 Å². The molecule has 0 fully saturated rings. The zero-order valence-corrected chi connectivity index (χ0v) is 6.44. The van der Waals surface area contributed by atoms with Gasteiger partial charge >= 0.3 is 7.12 Å². The minimum atomic E-state index is -1.40. The fourth-order valence-corrected chi connectivity index (χ4v) is 1.39. The van der Waals surface area contributed by atoms with Crippen LogP contribution in [0.1, 0.15) is 11.1 Å². The van der Waals surface area contributed by atoms with Gasteiger partial charge in [0.15, 0.2) is 0 Å². The molecule has 2 N–H and O–H groups in total. The highest BCUT2D eigenvalue weighted by Crippen LogP contribution is 2.11. The second-order valence-electron chi connectivity index (χ2n) is 2.76. The molecule has 60 valence electrons. The molecular formula is C8H8BNO2. The Labute approximate surface area is 70.5 Å². The number of benzene rings is 1. The Kier molecular flexibility index (Phi) is 1.71. The summed E-state index contributed by atoms with van der Waals surface area (Å²) in [4.78, 5) is 4.05. The average Bonchev–Trinajstić information content (AvgIpc) is 2.49. The number of hydrogen-bond acceptors (Lipinski definition) is 3. The molecule has 0 aliphatic carbocycles. The number of rotatable bonds is 1. The summed E-state index contributed by atoms with van der Waals surface area (Å²) in [6, 6.07) is 5.44.